The summed E-state index contributed by atoms with van der Waals surface area (Å²) >= 11 is 0. The maximum atomic E-state index is 11.0. The molecule has 0 atom stereocenters. The van der Waals surface area contributed by atoms with Gasteiger partial charge in [0.1, 0.15) is 12.4 Å². The molecular weight excluding hydrogens is 386 g/mol. The first-order valence-electron chi connectivity index (χ1n) is 10.9. The van der Waals surface area contributed by atoms with E-state index < -0.39 is 0 Å². The van der Waals surface area contributed by atoms with E-state index in [1.165, 1.54) is 0 Å². The second-order valence-corrected chi connectivity index (χ2v) is 7.91. The molecule has 1 heterocycles. The molecule has 2 aromatic carbocycles. The number of anilines is 1. The average Bonchev–Trinajstić information content (AvgIpc) is 2.79. The molecule has 0 fully saturated rings. The molecule has 0 aliphatic carbocycles. The van der Waals surface area contributed by atoms with Gasteiger partial charge >= 0.3 is 0 Å². The topological polar surface area (TPSA) is 55.3 Å². The summed E-state index contributed by atoms with van der Waals surface area (Å²) in [5.74, 6) is 0.934. The molecule has 0 spiro atoms. The monoisotopic (exact) mass is 417 g/mol. The van der Waals surface area contributed by atoms with Gasteiger partial charge in [-0.15, -0.1) is 0 Å². The highest BCUT2D eigenvalue weighted by molar-refractivity contribution is 5.78. The van der Waals surface area contributed by atoms with Crippen LogP contribution in [0, 0.1) is 0 Å². The van der Waals surface area contributed by atoms with Gasteiger partial charge in [0.25, 0.3) is 0 Å². The third kappa shape index (κ3) is 6.46. The number of ketones is 1. The maximum Gasteiger partial charge on any atom is 0.155 e. The number of nitrogens with zero attached hydrogens (tertiary/aromatic N) is 3. The van der Waals surface area contributed by atoms with E-state index in [1.54, 1.807) is 6.92 Å². The standard InChI is InChI=1S/C26H31N3O2/c1-20(2)29(16-10-11-17-31-19-21(3)30)24-18-27-25(22-12-6-4-7-13-22)26(28-24)23-14-8-5-9-15-23/h4-9,12-15,18,20H,10-11,16-17,19H2,1-3H3. The van der Waals surface area contributed by atoms with Gasteiger partial charge in [-0.1, -0.05) is 60.7 Å². The van der Waals surface area contributed by atoms with E-state index >= 15 is 0 Å². The molecular formula is C26H31N3O2. The van der Waals surface area contributed by atoms with Crippen LogP contribution in [0.5, 0.6) is 0 Å². The third-order valence-corrected chi connectivity index (χ3v) is 5.01. The summed E-state index contributed by atoms with van der Waals surface area (Å²) in [6.07, 6.45) is 3.73. The molecule has 5 nitrogen and oxygen atoms in total. The second kappa shape index (κ2) is 11.4. The number of aromatic nitrogens is 2. The Morgan fingerprint density at radius 3 is 2.13 bits per heavy atom. The summed E-state index contributed by atoms with van der Waals surface area (Å²) in [5, 5.41) is 0. The Labute approximate surface area is 185 Å². The highest BCUT2D eigenvalue weighted by atomic mass is 16.5. The first-order valence-corrected chi connectivity index (χ1v) is 10.9. The van der Waals surface area contributed by atoms with E-state index in [9.17, 15) is 4.79 Å². The summed E-state index contributed by atoms with van der Waals surface area (Å²) in [4.78, 5) is 23.2. The smallest absolute Gasteiger partial charge is 0.155 e. The van der Waals surface area contributed by atoms with Crippen molar-refractivity contribution in [2.24, 2.45) is 0 Å². The van der Waals surface area contributed by atoms with Crippen LogP contribution in [0.25, 0.3) is 22.5 Å². The number of Topliss-reactive ketones (excluding diaryl/α,β-unsaturated/α-hetero) is 1. The molecule has 0 N–H and O–H groups in total. The van der Waals surface area contributed by atoms with E-state index in [-0.39, 0.29) is 12.4 Å². The van der Waals surface area contributed by atoms with E-state index in [4.69, 9.17) is 14.7 Å². The lowest BCUT2D eigenvalue weighted by Gasteiger charge is -2.28. The van der Waals surface area contributed by atoms with Crippen LogP contribution in [-0.2, 0) is 9.53 Å². The molecule has 0 bridgehead atoms. The minimum atomic E-state index is 0.0611. The number of rotatable bonds is 11. The predicted molar refractivity (Wildman–Crippen MR) is 126 cm³/mol. The van der Waals surface area contributed by atoms with Gasteiger partial charge in [-0.3, -0.25) is 9.78 Å². The lowest BCUT2D eigenvalue weighted by atomic mass is 10.0. The molecule has 0 aliphatic rings. The molecule has 0 aliphatic heterocycles. The summed E-state index contributed by atoms with van der Waals surface area (Å²) in [6.45, 7) is 7.53. The summed E-state index contributed by atoms with van der Waals surface area (Å²) in [6, 6.07) is 20.7. The van der Waals surface area contributed by atoms with Crippen molar-refractivity contribution in [1.29, 1.82) is 0 Å². The minimum absolute atomic E-state index is 0.0611. The van der Waals surface area contributed by atoms with Crippen molar-refractivity contribution in [2.75, 3.05) is 24.7 Å². The Morgan fingerprint density at radius 1 is 0.935 bits per heavy atom. The van der Waals surface area contributed by atoms with Crippen molar-refractivity contribution in [2.45, 2.75) is 39.7 Å². The van der Waals surface area contributed by atoms with Crippen molar-refractivity contribution in [3.8, 4) is 22.5 Å². The number of carbonyl (C=O) groups excluding carboxylic acids is 1. The van der Waals surface area contributed by atoms with Crippen LogP contribution in [-0.4, -0.2) is 41.6 Å². The molecule has 0 amide bonds. The Hall–Kier alpha value is -3.05. The normalized spacial score (nSPS) is 11.0. The van der Waals surface area contributed by atoms with Gasteiger partial charge in [0.05, 0.1) is 17.6 Å². The SMILES string of the molecule is CC(=O)COCCCCN(c1cnc(-c2ccccc2)c(-c2ccccc2)n1)C(C)C. The van der Waals surface area contributed by atoms with Crippen molar-refractivity contribution in [1.82, 2.24) is 9.97 Å². The fourth-order valence-corrected chi connectivity index (χ4v) is 3.46. The number of hydrogen-bond donors (Lipinski definition) is 0. The molecule has 5 heteroatoms. The van der Waals surface area contributed by atoms with Gasteiger partial charge in [0.2, 0.25) is 0 Å². The Kier molecular flexibility index (Phi) is 8.30. The Morgan fingerprint density at radius 2 is 1.55 bits per heavy atom. The summed E-state index contributed by atoms with van der Waals surface area (Å²) in [5.41, 5.74) is 3.88. The zero-order valence-electron chi connectivity index (χ0n) is 18.6. The Bertz CT molecular complexity index is 959. The summed E-state index contributed by atoms with van der Waals surface area (Å²) < 4.78 is 5.39. The van der Waals surface area contributed by atoms with Gasteiger partial charge in [0.15, 0.2) is 5.78 Å². The second-order valence-electron chi connectivity index (χ2n) is 7.91. The largest absolute Gasteiger partial charge is 0.374 e. The third-order valence-electron chi connectivity index (χ3n) is 5.01. The van der Waals surface area contributed by atoms with Crippen LogP contribution in [0.15, 0.2) is 66.9 Å². The molecule has 0 unspecified atom stereocenters. The van der Waals surface area contributed by atoms with Gasteiger partial charge in [-0.25, -0.2) is 4.98 Å². The summed E-state index contributed by atoms with van der Waals surface area (Å²) in [7, 11) is 0. The predicted octanol–water partition coefficient (Wildman–Crippen LogP) is 5.41. The van der Waals surface area contributed by atoms with Crippen LogP contribution in [0.3, 0.4) is 0 Å². The van der Waals surface area contributed by atoms with Crippen LogP contribution < -0.4 is 4.90 Å². The maximum absolute atomic E-state index is 11.0. The first-order chi connectivity index (χ1) is 15.1. The van der Waals surface area contributed by atoms with Crippen molar-refractivity contribution in [3.05, 3.63) is 66.9 Å². The van der Waals surface area contributed by atoms with Gasteiger partial charge < -0.3 is 9.64 Å². The van der Waals surface area contributed by atoms with E-state index in [0.29, 0.717) is 12.6 Å². The lowest BCUT2D eigenvalue weighted by Crippen LogP contribution is -2.33. The zero-order chi connectivity index (χ0) is 22.1. The van der Waals surface area contributed by atoms with Crippen LogP contribution >= 0.6 is 0 Å². The van der Waals surface area contributed by atoms with Crippen molar-refractivity contribution < 1.29 is 9.53 Å². The van der Waals surface area contributed by atoms with Crippen molar-refractivity contribution >= 4 is 11.6 Å². The number of hydrogen-bond acceptors (Lipinski definition) is 5. The minimum Gasteiger partial charge on any atom is -0.374 e. The molecule has 3 rings (SSSR count). The van der Waals surface area contributed by atoms with Gasteiger partial charge in [-0.2, -0.15) is 0 Å². The van der Waals surface area contributed by atoms with Crippen molar-refractivity contribution in [3.63, 3.8) is 0 Å². The molecule has 31 heavy (non-hydrogen) atoms. The van der Waals surface area contributed by atoms with Crippen LogP contribution in [0.2, 0.25) is 0 Å². The highest BCUT2D eigenvalue weighted by Gasteiger charge is 2.17. The molecule has 0 radical (unpaired) electrons. The fraction of sp³-hybridized carbons (Fsp3) is 0.346. The van der Waals surface area contributed by atoms with Crippen LogP contribution in [0.1, 0.15) is 33.6 Å². The molecule has 1 aromatic heterocycles. The van der Waals surface area contributed by atoms with Gasteiger partial charge in [0, 0.05) is 30.3 Å². The lowest BCUT2D eigenvalue weighted by molar-refractivity contribution is -0.121. The molecule has 0 saturated heterocycles. The van der Waals surface area contributed by atoms with Gasteiger partial charge in [-0.05, 0) is 33.6 Å². The fourth-order valence-electron chi connectivity index (χ4n) is 3.46. The highest BCUT2D eigenvalue weighted by Crippen LogP contribution is 2.30. The number of carbonyl (C=O) groups is 1. The molecule has 0 saturated carbocycles. The molecule has 3 aromatic rings. The quantitative estimate of drug-likeness (QED) is 0.390. The average molecular weight is 418 g/mol. The molecule has 162 valence electrons. The number of benzene rings is 2. The number of ether oxygens (including phenoxy) is 1. The van der Waals surface area contributed by atoms with E-state index in [2.05, 4.69) is 43.0 Å². The van der Waals surface area contributed by atoms with E-state index in [1.807, 2.05) is 42.6 Å². The number of unbranched alkanes of at least 4 members (excludes halogenated alkanes) is 1. The first kappa shape index (κ1) is 22.6. The Balaban J connectivity index is 1.83. The zero-order valence-corrected chi connectivity index (χ0v) is 18.6. The van der Waals surface area contributed by atoms with E-state index in [0.717, 1.165) is 47.7 Å². The van der Waals surface area contributed by atoms with Crippen LogP contribution in [0.4, 0.5) is 5.82 Å².